The lowest BCUT2D eigenvalue weighted by molar-refractivity contribution is -0.121. The third kappa shape index (κ3) is 6.82. The van der Waals surface area contributed by atoms with Gasteiger partial charge in [-0.15, -0.1) is 0 Å². The van der Waals surface area contributed by atoms with Gasteiger partial charge in [0.15, 0.2) is 0 Å². The summed E-state index contributed by atoms with van der Waals surface area (Å²) in [6, 6.07) is 12.3. The van der Waals surface area contributed by atoms with Crippen LogP contribution in [0.25, 0.3) is 0 Å². The first-order valence-corrected chi connectivity index (χ1v) is 10.9. The smallest absolute Gasteiger partial charge is 0.240 e. The van der Waals surface area contributed by atoms with Crippen LogP contribution in [0.15, 0.2) is 47.4 Å². The fraction of sp³-hybridized carbons (Fsp3) is 0.350. The van der Waals surface area contributed by atoms with Gasteiger partial charge in [0.05, 0.1) is 16.5 Å². The van der Waals surface area contributed by atoms with Crippen LogP contribution in [0.4, 0.5) is 0 Å². The standard InChI is InChI=1S/C20H25ClN2O4S/c1-15-9-10-19(16(2)14-15)28(25,26)23-12-11-22-20(24)8-5-13-27-18-7-4-3-6-17(18)21/h3-4,6-7,9-10,14,23H,5,8,11-13H2,1-2H3,(H,22,24). The molecule has 0 heterocycles. The minimum atomic E-state index is -3.60. The van der Waals surface area contributed by atoms with Crippen LogP contribution >= 0.6 is 11.6 Å². The second-order valence-electron chi connectivity index (χ2n) is 6.40. The lowest BCUT2D eigenvalue weighted by Gasteiger charge is -2.11. The SMILES string of the molecule is Cc1ccc(S(=O)(=O)NCCNC(=O)CCCOc2ccccc2Cl)c(C)c1. The van der Waals surface area contributed by atoms with E-state index >= 15 is 0 Å². The quantitative estimate of drug-likeness (QED) is 0.573. The van der Waals surface area contributed by atoms with E-state index in [-0.39, 0.29) is 30.3 Å². The van der Waals surface area contributed by atoms with Crippen LogP contribution in [0.1, 0.15) is 24.0 Å². The Morgan fingerprint density at radius 2 is 1.86 bits per heavy atom. The number of nitrogens with one attached hydrogen (secondary N) is 2. The predicted octanol–water partition coefficient (Wildman–Crippen LogP) is 3.21. The van der Waals surface area contributed by atoms with E-state index < -0.39 is 10.0 Å². The van der Waals surface area contributed by atoms with Gasteiger partial charge in [-0.3, -0.25) is 4.79 Å². The molecule has 1 amide bonds. The van der Waals surface area contributed by atoms with E-state index in [9.17, 15) is 13.2 Å². The molecular formula is C20H25ClN2O4S. The minimum absolute atomic E-state index is 0.123. The van der Waals surface area contributed by atoms with E-state index in [0.29, 0.717) is 29.4 Å². The van der Waals surface area contributed by atoms with Crippen LogP contribution in [0.3, 0.4) is 0 Å². The summed E-state index contributed by atoms with van der Waals surface area (Å²) in [7, 11) is -3.60. The molecule has 0 atom stereocenters. The molecule has 0 aliphatic rings. The van der Waals surface area contributed by atoms with E-state index in [4.69, 9.17) is 16.3 Å². The summed E-state index contributed by atoms with van der Waals surface area (Å²) in [5.74, 6) is 0.429. The van der Waals surface area contributed by atoms with Crippen LogP contribution in [0.2, 0.25) is 5.02 Å². The average Bonchev–Trinajstić information content (AvgIpc) is 2.63. The maximum Gasteiger partial charge on any atom is 0.240 e. The molecule has 0 aromatic heterocycles. The zero-order valence-electron chi connectivity index (χ0n) is 16.0. The monoisotopic (exact) mass is 424 g/mol. The molecule has 152 valence electrons. The number of hydrogen-bond donors (Lipinski definition) is 2. The number of aryl methyl sites for hydroxylation is 2. The topological polar surface area (TPSA) is 84.5 Å². The van der Waals surface area contributed by atoms with Gasteiger partial charge in [0, 0.05) is 19.5 Å². The van der Waals surface area contributed by atoms with Crippen molar-refractivity contribution in [1.82, 2.24) is 10.0 Å². The van der Waals surface area contributed by atoms with Crippen molar-refractivity contribution in [2.75, 3.05) is 19.7 Å². The first-order valence-electron chi connectivity index (χ1n) is 9.00. The molecule has 0 radical (unpaired) electrons. The van der Waals surface area contributed by atoms with Gasteiger partial charge in [-0.2, -0.15) is 0 Å². The third-order valence-corrected chi connectivity index (χ3v) is 5.94. The number of sulfonamides is 1. The fourth-order valence-corrected chi connectivity index (χ4v) is 4.08. The van der Waals surface area contributed by atoms with Gasteiger partial charge < -0.3 is 10.1 Å². The number of benzene rings is 2. The first kappa shape index (κ1) is 22.2. The zero-order valence-corrected chi connectivity index (χ0v) is 17.6. The molecule has 0 saturated carbocycles. The molecule has 0 unspecified atom stereocenters. The Balaban J connectivity index is 1.66. The maximum atomic E-state index is 12.3. The molecule has 0 aliphatic heterocycles. The van der Waals surface area contributed by atoms with Gasteiger partial charge >= 0.3 is 0 Å². The number of para-hydroxylation sites is 1. The molecule has 2 rings (SSSR count). The van der Waals surface area contributed by atoms with Crippen molar-refractivity contribution in [1.29, 1.82) is 0 Å². The van der Waals surface area contributed by atoms with Gasteiger partial charge in [-0.1, -0.05) is 41.4 Å². The van der Waals surface area contributed by atoms with Crippen molar-refractivity contribution in [3.63, 3.8) is 0 Å². The molecule has 6 nitrogen and oxygen atoms in total. The van der Waals surface area contributed by atoms with Gasteiger partial charge in [-0.05, 0) is 44.0 Å². The number of hydrogen-bond acceptors (Lipinski definition) is 4. The summed E-state index contributed by atoms with van der Waals surface area (Å²) < 4.78 is 32.7. The summed E-state index contributed by atoms with van der Waals surface area (Å²) >= 11 is 5.99. The van der Waals surface area contributed by atoms with Crippen LogP contribution in [-0.2, 0) is 14.8 Å². The minimum Gasteiger partial charge on any atom is -0.492 e. The van der Waals surface area contributed by atoms with Crippen molar-refractivity contribution < 1.29 is 17.9 Å². The molecule has 2 N–H and O–H groups in total. The lowest BCUT2D eigenvalue weighted by Crippen LogP contribution is -2.35. The molecule has 0 aliphatic carbocycles. The normalized spacial score (nSPS) is 11.2. The number of amides is 1. The summed E-state index contributed by atoms with van der Waals surface area (Å²) in [4.78, 5) is 12.1. The highest BCUT2D eigenvalue weighted by molar-refractivity contribution is 7.89. The van der Waals surface area contributed by atoms with E-state index in [2.05, 4.69) is 10.0 Å². The molecule has 0 saturated heterocycles. The molecule has 28 heavy (non-hydrogen) atoms. The Bertz CT molecular complexity index is 916. The van der Waals surface area contributed by atoms with Crippen molar-refractivity contribution in [2.24, 2.45) is 0 Å². The predicted molar refractivity (Wildman–Crippen MR) is 110 cm³/mol. The number of ether oxygens (including phenoxy) is 1. The summed E-state index contributed by atoms with van der Waals surface area (Å²) in [5.41, 5.74) is 1.69. The highest BCUT2D eigenvalue weighted by Gasteiger charge is 2.16. The number of carbonyl (C=O) groups is 1. The Labute approximate surface area is 171 Å². The Morgan fingerprint density at radius 3 is 2.57 bits per heavy atom. The molecule has 0 spiro atoms. The van der Waals surface area contributed by atoms with Crippen LogP contribution in [-0.4, -0.2) is 34.0 Å². The van der Waals surface area contributed by atoms with Crippen molar-refractivity contribution >= 4 is 27.5 Å². The summed E-state index contributed by atoms with van der Waals surface area (Å²) in [5, 5.41) is 3.22. The molecule has 0 fully saturated rings. The highest BCUT2D eigenvalue weighted by atomic mass is 35.5. The third-order valence-electron chi connectivity index (χ3n) is 4.00. The van der Waals surface area contributed by atoms with E-state index in [0.717, 1.165) is 5.56 Å². The Kier molecular flexibility index (Phi) is 8.29. The molecule has 8 heteroatoms. The van der Waals surface area contributed by atoms with Crippen molar-refractivity contribution in [2.45, 2.75) is 31.6 Å². The number of rotatable bonds is 10. The first-order chi connectivity index (χ1) is 13.3. The average molecular weight is 425 g/mol. The number of carbonyl (C=O) groups excluding carboxylic acids is 1. The van der Waals surface area contributed by atoms with Gasteiger partial charge in [0.1, 0.15) is 5.75 Å². The van der Waals surface area contributed by atoms with Crippen LogP contribution in [0, 0.1) is 13.8 Å². The summed E-state index contributed by atoms with van der Waals surface area (Å²) in [6.07, 6.45) is 0.819. The van der Waals surface area contributed by atoms with Crippen LogP contribution in [0.5, 0.6) is 5.75 Å². The lowest BCUT2D eigenvalue weighted by atomic mass is 10.2. The second-order valence-corrected chi connectivity index (χ2v) is 8.54. The van der Waals surface area contributed by atoms with E-state index in [1.807, 2.05) is 25.1 Å². The molecule has 2 aromatic rings. The second kappa shape index (κ2) is 10.5. The van der Waals surface area contributed by atoms with Crippen LogP contribution < -0.4 is 14.8 Å². The Morgan fingerprint density at radius 1 is 1.11 bits per heavy atom. The fourth-order valence-electron chi connectivity index (χ4n) is 2.63. The Hall–Kier alpha value is -2.09. The van der Waals surface area contributed by atoms with Gasteiger partial charge in [-0.25, -0.2) is 13.1 Å². The molecular weight excluding hydrogens is 400 g/mol. The van der Waals surface area contributed by atoms with Gasteiger partial charge in [0.2, 0.25) is 15.9 Å². The van der Waals surface area contributed by atoms with Gasteiger partial charge in [0.25, 0.3) is 0 Å². The summed E-state index contributed by atoms with van der Waals surface area (Å²) in [6.45, 7) is 4.38. The van der Waals surface area contributed by atoms with E-state index in [1.54, 1.807) is 31.2 Å². The van der Waals surface area contributed by atoms with Crippen molar-refractivity contribution in [3.8, 4) is 5.75 Å². The molecule has 2 aromatic carbocycles. The zero-order chi connectivity index (χ0) is 20.6. The number of halogens is 1. The van der Waals surface area contributed by atoms with Crippen molar-refractivity contribution in [3.05, 3.63) is 58.6 Å². The van der Waals surface area contributed by atoms with E-state index in [1.165, 1.54) is 0 Å². The highest BCUT2D eigenvalue weighted by Crippen LogP contribution is 2.23. The largest absolute Gasteiger partial charge is 0.492 e. The molecule has 0 bridgehead atoms. The maximum absolute atomic E-state index is 12.3.